The SMILES string of the molecule is CNCC(C)C(=O)NCc1csc(=O)[nH]1. The van der Waals surface area contributed by atoms with Gasteiger partial charge in [-0.15, -0.1) is 0 Å². The lowest BCUT2D eigenvalue weighted by atomic mass is 10.1. The van der Waals surface area contributed by atoms with Crippen LogP contribution in [0.25, 0.3) is 0 Å². The third-order valence-electron chi connectivity index (χ3n) is 1.98. The van der Waals surface area contributed by atoms with E-state index in [2.05, 4.69) is 15.6 Å². The van der Waals surface area contributed by atoms with E-state index < -0.39 is 0 Å². The Balaban J connectivity index is 2.37. The monoisotopic (exact) mass is 229 g/mol. The third kappa shape index (κ3) is 3.85. The Labute approximate surface area is 91.9 Å². The summed E-state index contributed by atoms with van der Waals surface area (Å²) in [6.45, 7) is 2.87. The fourth-order valence-corrected chi connectivity index (χ4v) is 1.74. The molecule has 0 bridgehead atoms. The lowest BCUT2D eigenvalue weighted by Crippen LogP contribution is -2.34. The molecule has 0 radical (unpaired) electrons. The summed E-state index contributed by atoms with van der Waals surface area (Å²) >= 11 is 1.10. The van der Waals surface area contributed by atoms with Crippen LogP contribution in [-0.4, -0.2) is 24.5 Å². The number of thiazole rings is 1. The molecule has 1 aromatic rings. The third-order valence-corrected chi connectivity index (χ3v) is 2.70. The Hall–Kier alpha value is -1.14. The highest BCUT2D eigenvalue weighted by atomic mass is 32.1. The van der Waals surface area contributed by atoms with Crippen LogP contribution >= 0.6 is 11.3 Å². The lowest BCUT2D eigenvalue weighted by Gasteiger charge is -2.10. The van der Waals surface area contributed by atoms with Crippen molar-refractivity contribution in [1.29, 1.82) is 0 Å². The maximum absolute atomic E-state index is 11.5. The van der Waals surface area contributed by atoms with E-state index in [0.29, 0.717) is 13.1 Å². The molecule has 5 nitrogen and oxygen atoms in total. The Morgan fingerprint density at radius 1 is 1.67 bits per heavy atom. The molecule has 3 N–H and O–H groups in total. The first-order valence-electron chi connectivity index (χ1n) is 4.72. The van der Waals surface area contributed by atoms with Crippen LogP contribution in [0.5, 0.6) is 0 Å². The molecule has 1 amide bonds. The van der Waals surface area contributed by atoms with Crippen molar-refractivity contribution in [3.8, 4) is 0 Å². The maximum atomic E-state index is 11.5. The molecule has 1 atom stereocenters. The normalized spacial score (nSPS) is 12.4. The van der Waals surface area contributed by atoms with Crippen LogP contribution in [0.1, 0.15) is 12.6 Å². The molecule has 0 saturated carbocycles. The largest absolute Gasteiger partial charge is 0.350 e. The van der Waals surface area contributed by atoms with Gasteiger partial charge in [0.25, 0.3) is 0 Å². The second kappa shape index (κ2) is 5.67. The van der Waals surface area contributed by atoms with Crippen LogP contribution in [0.4, 0.5) is 0 Å². The first-order chi connectivity index (χ1) is 7.13. The molecule has 84 valence electrons. The number of amides is 1. The van der Waals surface area contributed by atoms with E-state index in [1.54, 1.807) is 12.4 Å². The maximum Gasteiger partial charge on any atom is 0.304 e. The summed E-state index contributed by atoms with van der Waals surface area (Å²) in [5.74, 6) is -0.0863. The number of carbonyl (C=O) groups is 1. The van der Waals surface area contributed by atoms with Crippen molar-refractivity contribution < 1.29 is 4.79 Å². The van der Waals surface area contributed by atoms with Gasteiger partial charge >= 0.3 is 4.87 Å². The van der Waals surface area contributed by atoms with Gasteiger partial charge in [-0.3, -0.25) is 9.59 Å². The van der Waals surface area contributed by atoms with E-state index in [1.165, 1.54) is 0 Å². The minimum absolute atomic E-state index is 0.0172. The summed E-state index contributed by atoms with van der Waals surface area (Å²) in [4.78, 5) is 24.8. The van der Waals surface area contributed by atoms with E-state index >= 15 is 0 Å². The van der Waals surface area contributed by atoms with Crippen molar-refractivity contribution in [2.24, 2.45) is 5.92 Å². The standard InChI is InChI=1S/C9H15N3O2S/c1-6(3-10-2)8(13)11-4-7-5-15-9(14)12-7/h5-6,10H,3-4H2,1-2H3,(H,11,13)(H,12,14). The minimum Gasteiger partial charge on any atom is -0.350 e. The zero-order valence-corrected chi connectivity index (χ0v) is 9.61. The van der Waals surface area contributed by atoms with Gasteiger partial charge in [0.1, 0.15) is 0 Å². The zero-order valence-electron chi connectivity index (χ0n) is 8.79. The fourth-order valence-electron chi connectivity index (χ4n) is 1.16. The lowest BCUT2D eigenvalue weighted by molar-refractivity contribution is -0.124. The summed E-state index contributed by atoms with van der Waals surface area (Å²) in [7, 11) is 1.81. The van der Waals surface area contributed by atoms with Gasteiger partial charge in [-0.2, -0.15) is 0 Å². The molecule has 0 spiro atoms. The number of aromatic nitrogens is 1. The highest BCUT2D eigenvalue weighted by Crippen LogP contribution is 1.97. The van der Waals surface area contributed by atoms with Gasteiger partial charge in [-0.1, -0.05) is 18.3 Å². The fraction of sp³-hybridized carbons (Fsp3) is 0.556. The highest BCUT2D eigenvalue weighted by molar-refractivity contribution is 7.07. The van der Waals surface area contributed by atoms with Gasteiger partial charge in [0.2, 0.25) is 5.91 Å². The van der Waals surface area contributed by atoms with Crippen LogP contribution in [0.2, 0.25) is 0 Å². The second-order valence-corrected chi connectivity index (χ2v) is 4.19. The smallest absolute Gasteiger partial charge is 0.304 e. The van der Waals surface area contributed by atoms with Gasteiger partial charge in [0, 0.05) is 23.5 Å². The molecule has 1 heterocycles. The van der Waals surface area contributed by atoms with Crippen molar-refractivity contribution in [2.75, 3.05) is 13.6 Å². The van der Waals surface area contributed by atoms with E-state index in [0.717, 1.165) is 17.0 Å². The molecule has 0 aliphatic heterocycles. The van der Waals surface area contributed by atoms with Crippen molar-refractivity contribution in [3.05, 3.63) is 20.7 Å². The number of hydrogen-bond donors (Lipinski definition) is 3. The van der Waals surface area contributed by atoms with Crippen LogP contribution < -0.4 is 15.5 Å². The van der Waals surface area contributed by atoms with Gasteiger partial charge in [-0.25, -0.2) is 0 Å². The molecule has 0 saturated heterocycles. The Bertz CT molecular complexity index is 371. The number of rotatable bonds is 5. The van der Waals surface area contributed by atoms with Crippen LogP contribution in [0, 0.1) is 5.92 Å². The second-order valence-electron chi connectivity index (χ2n) is 3.35. The molecule has 0 aliphatic carbocycles. The predicted octanol–water partition coefficient (Wildman–Crippen LogP) is -0.0919. The zero-order chi connectivity index (χ0) is 11.3. The quantitative estimate of drug-likeness (QED) is 0.660. The van der Waals surface area contributed by atoms with Crippen molar-refractivity contribution in [3.63, 3.8) is 0 Å². The summed E-state index contributed by atoms with van der Waals surface area (Å²) in [6, 6.07) is 0. The first kappa shape index (κ1) is 11.9. The van der Waals surface area contributed by atoms with E-state index in [9.17, 15) is 9.59 Å². The Morgan fingerprint density at radius 3 is 2.93 bits per heavy atom. The van der Waals surface area contributed by atoms with E-state index in [1.807, 2.05) is 6.92 Å². The van der Waals surface area contributed by atoms with E-state index in [4.69, 9.17) is 0 Å². The summed E-state index contributed by atoms with van der Waals surface area (Å²) < 4.78 is 0. The van der Waals surface area contributed by atoms with Crippen LogP contribution in [0.3, 0.4) is 0 Å². The topological polar surface area (TPSA) is 74.0 Å². The Morgan fingerprint density at radius 2 is 2.40 bits per heavy atom. The molecule has 1 aromatic heterocycles. The molecular formula is C9H15N3O2S. The molecule has 15 heavy (non-hydrogen) atoms. The molecule has 0 aliphatic rings. The minimum atomic E-state index is -0.0949. The predicted molar refractivity (Wildman–Crippen MR) is 59.9 cm³/mol. The number of hydrogen-bond acceptors (Lipinski definition) is 4. The molecular weight excluding hydrogens is 214 g/mol. The molecule has 0 fully saturated rings. The number of H-pyrrole nitrogens is 1. The summed E-state index contributed by atoms with van der Waals surface area (Å²) in [5.41, 5.74) is 0.745. The Kier molecular flexibility index (Phi) is 4.51. The van der Waals surface area contributed by atoms with Crippen LogP contribution in [-0.2, 0) is 11.3 Å². The van der Waals surface area contributed by atoms with Gasteiger partial charge in [0.15, 0.2) is 0 Å². The number of nitrogens with one attached hydrogen (secondary N) is 3. The van der Waals surface area contributed by atoms with Crippen molar-refractivity contribution in [1.82, 2.24) is 15.6 Å². The van der Waals surface area contributed by atoms with Gasteiger partial charge < -0.3 is 15.6 Å². The highest BCUT2D eigenvalue weighted by Gasteiger charge is 2.11. The number of carbonyl (C=O) groups excluding carboxylic acids is 1. The van der Waals surface area contributed by atoms with Crippen molar-refractivity contribution >= 4 is 17.2 Å². The first-order valence-corrected chi connectivity index (χ1v) is 5.60. The summed E-state index contributed by atoms with van der Waals surface area (Å²) in [6.07, 6.45) is 0. The van der Waals surface area contributed by atoms with Gasteiger partial charge in [-0.05, 0) is 7.05 Å². The molecule has 6 heteroatoms. The molecule has 0 aromatic carbocycles. The molecule has 1 unspecified atom stereocenters. The van der Waals surface area contributed by atoms with E-state index in [-0.39, 0.29) is 16.7 Å². The molecule has 1 rings (SSSR count). The average molecular weight is 229 g/mol. The average Bonchev–Trinajstić information content (AvgIpc) is 2.61. The van der Waals surface area contributed by atoms with Crippen LogP contribution in [0.15, 0.2) is 10.2 Å². The number of aromatic amines is 1. The van der Waals surface area contributed by atoms with Crippen molar-refractivity contribution in [2.45, 2.75) is 13.5 Å². The summed E-state index contributed by atoms with van der Waals surface area (Å²) in [5, 5.41) is 7.40. The van der Waals surface area contributed by atoms with Gasteiger partial charge in [0.05, 0.1) is 6.54 Å².